The normalized spacial score (nSPS) is 15.7. The van der Waals surface area contributed by atoms with Crippen LogP contribution in [-0.2, 0) is 4.79 Å². The van der Waals surface area contributed by atoms with E-state index in [9.17, 15) is 19.7 Å². The number of anilines is 1. The Kier molecular flexibility index (Phi) is 4.53. The molecule has 25 heavy (non-hydrogen) atoms. The van der Waals surface area contributed by atoms with Crippen molar-refractivity contribution < 1.29 is 19.2 Å². The van der Waals surface area contributed by atoms with Gasteiger partial charge >= 0.3 is 0 Å². The third-order valence-corrected chi connectivity index (χ3v) is 4.39. The highest BCUT2D eigenvalue weighted by atomic mass is 32.2. The molecule has 7 nitrogen and oxygen atoms in total. The molecule has 0 saturated carbocycles. The number of methoxy groups -OCH3 is 1. The number of non-ortho nitro benzene ring substituents is 1. The van der Waals surface area contributed by atoms with Gasteiger partial charge in [-0.2, -0.15) is 0 Å². The predicted molar refractivity (Wildman–Crippen MR) is 94.5 cm³/mol. The Labute approximate surface area is 147 Å². The zero-order chi connectivity index (χ0) is 18.0. The number of rotatable bonds is 4. The second kappa shape index (κ2) is 6.78. The van der Waals surface area contributed by atoms with Crippen molar-refractivity contribution in [3.8, 4) is 5.75 Å². The highest BCUT2D eigenvalue weighted by Crippen LogP contribution is 2.39. The largest absolute Gasteiger partial charge is 0.495 e. The molecule has 3 rings (SSSR count). The van der Waals surface area contributed by atoms with Crippen molar-refractivity contribution in [1.82, 2.24) is 0 Å². The molecule has 0 bridgehead atoms. The van der Waals surface area contributed by atoms with Crippen LogP contribution in [0.15, 0.2) is 53.4 Å². The van der Waals surface area contributed by atoms with Crippen LogP contribution in [0.5, 0.6) is 5.75 Å². The lowest BCUT2D eigenvalue weighted by molar-refractivity contribution is -0.384. The molecule has 8 heteroatoms. The SMILES string of the molecule is COc1ccccc1N1C(=O)S/C(=C/c2ccc([N+](=O)[O-])cc2)C1=O. The average molecular weight is 356 g/mol. The number of benzene rings is 2. The topological polar surface area (TPSA) is 89.8 Å². The van der Waals surface area contributed by atoms with E-state index in [4.69, 9.17) is 4.74 Å². The Morgan fingerprint density at radius 3 is 2.44 bits per heavy atom. The molecule has 0 aromatic heterocycles. The fraction of sp³-hybridized carbons (Fsp3) is 0.0588. The highest BCUT2D eigenvalue weighted by Gasteiger charge is 2.37. The third kappa shape index (κ3) is 3.24. The van der Waals surface area contributed by atoms with Crippen LogP contribution >= 0.6 is 11.8 Å². The first-order valence-corrected chi connectivity index (χ1v) is 7.98. The Hall–Kier alpha value is -3.13. The van der Waals surface area contributed by atoms with Gasteiger partial charge in [-0.3, -0.25) is 19.7 Å². The Morgan fingerprint density at radius 2 is 1.80 bits per heavy atom. The molecule has 0 unspecified atom stereocenters. The van der Waals surface area contributed by atoms with Gasteiger partial charge in [-0.05, 0) is 47.7 Å². The van der Waals surface area contributed by atoms with Gasteiger partial charge < -0.3 is 4.74 Å². The minimum absolute atomic E-state index is 0.0423. The van der Waals surface area contributed by atoms with Crippen molar-refractivity contribution in [2.75, 3.05) is 12.0 Å². The number of carbonyl (C=O) groups excluding carboxylic acids is 2. The van der Waals surface area contributed by atoms with E-state index >= 15 is 0 Å². The second-order valence-electron chi connectivity index (χ2n) is 5.04. The number of nitrogens with zero attached hydrogens (tertiary/aromatic N) is 2. The second-order valence-corrected chi connectivity index (χ2v) is 6.03. The van der Waals surface area contributed by atoms with Gasteiger partial charge in [0, 0.05) is 12.1 Å². The highest BCUT2D eigenvalue weighted by molar-refractivity contribution is 8.19. The summed E-state index contributed by atoms with van der Waals surface area (Å²) < 4.78 is 5.20. The fourth-order valence-corrected chi connectivity index (χ4v) is 3.17. The molecule has 0 N–H and O–H groups in total. The maximum atomic E-state index is 12.6. The van der Waals surface area contributed by atoms with Crippen LogP contribution < -0.4 is 9.64 Å². The lowest BCUT2D eigenvalue weighted by Crippen LogP contribution is -2.28. The number of carbonyl (C=O) groups is 2. The van der Waals surface area contributed by atoms with Gasteiger partial charge in [-0.15, -0.1) is 0 Å². The molecular weight excluding hydrogens is 344 g/mol. The molecule has 0 radical (unpaired) electrons. The molecule has 2 aromatic rings. The number of hydrogen-bond acceptors (Lipinski definition) is 6. The smallest absolute Gasteiger partial charge is 0.298 e. The lowest BCUT2D eigenvalue weighted by Gasteiger charge is -2.15. The summed E-state index contributed by atoms with van der Waals surface area (Å²) in [7, 11) is 1.46. The van der Waals surface area contributed by atoms with Crippen molar-refractivity contribution in [1.29, 1.82) is 0 Å². The van der Waals surface area contributed by atoms with E-state index in [1.807, 2.05) is 0 Å². The van der Waals surface area contributed by atoms with E-state index < -0.39 is 16.1 Å². The molecule has 2 aromatic carbocycles. The number of thioether (sulfide) groups is 1. The van der Waals surface area contributed by atoms with Gasteiger partial charge in [0.25, 0.3) is 16.8 Å². The van der Waals surface area contributed by atoms with Crippen molar-refractivity contribution in [2.24, 2.45) is 0 Å². The number of amides is 2. The first-order valence-electron chi connectivity index (χ1n) is 7.16. The summed E-state index contributed by atoms with van der Waals surface area (Å²) in [6.45, 7) is 0. The molecule has 1 fully saturated rings. The summed E-state index contributed by atoms with van der Waals surface area (Å²) in [6.07, 6.45) is 1.53. The summed E-state index contributed by atoms with van der Waals surface area (Å²) in [5.41, 5.74) is 0.926. The van der Waals surface area contributed by atoms with Crippen molar-refractivity contribution in [2.45, 2.75) is 0 Å². The van der Waals surface area contributed by atoms with Crippen LogP contribution in [0.3, 0.4) is 0 Å². The zero-order valence-corrected chi connectivity index (χ0v) is 13.9. The Morgan fingerprint density at radius 1 is 1.12 bits per heavy atom. The van der Waals surface area contributed by atoms with E-state index in [0.29, 0.717) is 17.0 Å². The fourth-order valence-electron chi connectivity index (χ4n) is 2.33. The lowest BCUT2D eigenvalue weighted by atomic mass is 10.2. The van der Waals surface area contributed by atoms with E-state index in [1.165, 1.54) is 37.5 Å². The van der Waals surface area contributed by atoms with Crippen LogP contribution in [-0.4, -0.2) is 23.2 Å². The van der Waals surface area contributed by atoms with Gasteiger partial charge in [-0.1, -0.05) is 12.1 Å². The van der Waals surface area contributed by atoms with Crippen molar-refractivity contribution >= 4 is 40.4 Å². The summed E-state index contributed by atoms with van der Waals surface area (Å²) in [5.74, 6) is -0.0424. The van der Waals surface area contributed by atoms with Gasteiger partial charge in [0.15, 0.2) is 0 Å². The van der Waals surface area contributed by atoms with E-state index in [0.717, 1.165) is 16.7 Å². The summed E-state index contributed by atoms with van der Waals surface area (Å²) >= 11 is 0.810. The van der Waals surface area contributed by atoms with E-state index in [-0.39, 0.29) is 10.6 Å². The molecule has 0 atom stereocenters. The predicted octanol–water partition coefficient (Wildman–Crippen LogP) is 3.84. The third-order valence-electron chi connectivity index (χ3n) is 3.52. The maximum Gasteiger partial charge on any atom is 0.298 e. The van der Waals surface area contributed by atoms with Crippen LogP contribution in [0.2, 0.25) is 0 Å². The minimum Gasteiger partial charge on any atom is -0.495 e. The molecule has 126 valence electrons. The first kappa shape index (κ1) is 16.7. The van der Waals surface area contributed by atoms with E-state index in [2.05, 4.69) is 0 Å². The molecule has 1 heterocycles. The number of nitro benzene ring substituents is 1. The standard InChI is InChI=1S/C17H12N2O5S/c1-24-14-5-3-2-4-13(14)18-16(20)15(25-17(18)21)10-11-6-8-12(9-7-11)19(22)23/h2-10H,1H3/b15-10+. The Bertz CT molecular complexity index is 892. The average Bonchev–Trinajstić information content (AvgIpc) is 2.89. The van der Waals surface area contributed by atoms with Crippen LogP contribution in [0.1, 0.15) is 5.56 Å². The number of imide groups is 1. The molecule has 1 aliphatic rings. The molecular formula is C17H12N2O5S. The molecule has 0 spiro atoms. The molecule has 2 amide bonds. The summed E-state index contributed by atoms with van der Waals surface area (Å²) in [4.78, 5) is 36.4. The number of ether oxygens (including phenoxy) is 1. The zero-order valence-electron chi connectivity index (χ0n) is 13.0. The van der Waals surface area contributed by atoms with Gasteiger partial charge in [0.1, 0.15) is 5.75 Å². The summed E-state index contributed by atoms with van der Waals surface area (Å²) in [6, 6.07) is 12.5. The number of hydrogen-bond donors (Lipinski definition) is 0. The van der Waals surface area contributed by atoms with Crippen molar-refractivity contribution in [3.05, 3.63) is 69.1 Å². The Balaban J connectivity index is 1.92. The first-order chi connectivity index (χ1) is 12.0. The molecule has 1 aliphatic heterocycles. The number of para-hydroxylation sites is 2. The van der Waals surface area contributed by atoms with Crippen LogP contribution in [0.4, 0.5) is 16.2 Å². The van der Waals surface area contributed by atoms with Crippen LogP contribution in [0, 0.1) is 10.1 Å². The molecule has 0 aliphatic carbocycles. The van der Waals surface area contributed by atoms with Gasteiger partial charge in [0.2, 0.25) is 0 Å². The monoisotopic (exact) mass is 356 g/mol. The van der Waals surface area contributed by atoms with E-state index in [1.54, 1.807) is 24.3 Å². The molecule has 1 saturated heterocycles. The van der Waals surface area contributed by atoms with Crippen molar-refractivity contribution in [3.63, 3.8) is 0 Å². The number of nitro groups is 1. The van der Waals surface area contributed by atoms with Crippen LogP contribution in [0.25, 0.3) is 6.08 Å². The quantitative estimate of drug-likeness (QED) is 0.470. The van der Waals surface area contributed by atoms with Gasteiger partial charge in [0.05, 0.1) is 22.6 Å². The van der Waals surface area contributed by atoms with Gasteiger partial charge in [-0.25, -0.2) is 4.90 Å². The minimum atomic E-state index is -0.501. The maximum absolute atomic E-state index is 12.6. The summed E-state index contributed by atoms with van der Waals surface area (Å²) in [5, 5.41) is 10.3.